The highest BCUT2D eigenvalue weighted by molar-refractivity contribution is 5.44. The van der Waals surface area contributed by atoms with Crippen LogP contribution in [0.3, 0.4) is 0 Å². The highest BCUT2D eigenvalue weighted by atomic mass is 16.7. The van der Waals surface area contributed by atoms with Crippen molar-refractivity contribution in [2.45, 2.75) is 63.9 Å². The van der Waals surface area contributed by atoms with Crippen LogP contribution in [0.1, 0.15) is 44.9 Å². The number of nitrogens with one attached hydrogen (secondary N) is 1. The van der Waals surface area contributed by atoms with Crippen molar-refractivity contribution >= 4 is 5.82 Å². The first kappa shape index (κ1) is 19.2. The van der Waals surface area contributed by atoms with Gasteiger partial charge in [0.2, 0.25) is 0 Å². The summed E-state index contributed by atoms with van der Waals surface area (Å²) in [7, 11) is 1.68. The van der Waals surface area contributed by atoms with E-state index < -0.39 is 0 Å². The minimum atomic E-state index is -0.325. The zero-order valence-corrected chi connectivity index (χ0v) is 17.1. The zero-order valence-electron chi connectivity index (χ0n) is 17.1. The third kappa shape index (κ3) is 3.72. The van der Waals surface area contributed by atoms with Crippen LogP contribution in [0.2, 0.25) is 0 Å². The molecule has 28 heavy (non-hydrogen) atoms. The van der Waals surface area contributed by atoms with Gasteiger partial charge in [-0.3, -0.25) is 0 Å². The van der Waals surface area contributed by atoms with Crippen LogP contribution in [-0.2, 0) is 20.6 Å². The van der Waals surface area contributed by atoms with Crippen LogP contribution in [-0.4, -0.2) is 35.8 Å². The molecule has 3 heterocycles. The van der Waals surface area contributed by atoms with E-state index in [9.17, 15) is 0 Å². The Morgan fingerprint density at radius 1 is 1.07 bits per heavy atom. The second-order valence-corrected chi connectivity index (χ2v) is 8.30. The molecule has 2 saturated heterocycles. The van der Waals surface area contributed by atoms with Crippen LogP contribution in [0.15, 0.2) is 42.6 Å². The van der Waals surface area contributed by atoms with Gasteiger partial charge in [0, 0.05) is 18.2 Å². The molecule has 6 nitrogen and oxygen atoms in total. The van der Waals surface area contributed by atoms with Crippen molar-refractivity contribution in [2.75, 3.05) is 12.4 Å². The first-order valence-electron chi connectivity index (χ1n) is 9.64. The van der Waals surface area contributed by atoms with Crippen LogP contribution < -0.4 is 10.1 Å². The van der Waals surface area contributed by atoms with Crippen molar-refractivity contribution < 1.29 is 18.9 Å². The maximum atomic E-state index is 6.11. The summed E-state index contributed by atoms with van der Waals surface area (Å²) in [5, 5.41) is 3.28. The summed E-state index contributed by atoms with van der Waals surface area (Å²) in [6, 6.07) is 11.9. The van der Waals surface area contributed by atoms with Gasteiger partial charge in [0.1, 0.15) is 17.7 Å². The molecule has 0 radical (unpaired) electrons. The van der Waals surface area contributed by atoms with Gasteiger partial charge in [0.15, 0.2) is 12.5 Å². The molecule has 1 aromatic heterocycles. The van der Waals surface area contributed by atoms with Gasteiger partial charge in [-0.1, -0.05) is 18.2 Å². The van der Waals surface area contributed by atoms with E-state index in [0.29, 0.717) is 6.42 Å². The monoisotopic (exact) mass is 384 g/mol. The molecular weight excluding hydrogens is 356 g/mol. The molecule has 2 unspecified atom stereocenters. The van der Waals surface area contributed by atoms with Gasteiger partial charge in [-0.05, 0) is 51.5 Å². The Morgan fingerprint density at radius 3 is 2.46 bits per heavy atom. The molecule has 150 valence electrons. The summed E-state index contributed by atoms with van der Waals surface area (Å²) < 4.78 is 23.6. The largest absolute Gasteiger partial charge is 0.496 e. The van der Waals surface area contributed by atoms with E-state index in [4.69, 9.17) is 18.9 Å². The van der Waals surface area contributed by atoms with Gasteiger partial charge in [-0.15, -0.1) is 0 Å². The summed E-state index contributed by atoms with van der Waals surface area (Å²) in [6.45, 7) is 8.26. The van der Waals surface area contributed by atoms with Crippen molar-refractivity contribution in [3.8, 4) is 5.75 Å². The fourth-order valence-electron chi connectivity index (χ4n) is 3.41. The number of hydrogen-bond acceptors (Lipinski definition) is 6. The summed E-state index contributed by atoms with van der Waals surface area (Å²) in [6.07, 6.45) is 2.01. The normalized spacial score (nSPS) is 25.5. The third-order valence-electron chi connectivity index (χ3n) is 5.76. The Labute approximate surface area is 166 Å². The lowest BCUT2D eigenvalue weighted by molar-refractivity contribution is -0.0846. The van der Waals surface area contributed by atoms with E-state index in [-0.39, 0.29) is 29.8 Å². The molecule has 4 rings (SSSR count). The maximum Gasteiger partial charge on any atom is 0.163 e. The topological polar surface area (TPSA) is 65.1 Å². The lowest BCUT2D eigenvalue weighted by Gasteiger charge is -2.30. The average Bonchev–Trinajstić information content (AvgIpc) is 3.35. The average molecular weight is 384 g/mol. The second kappa shape index (κ2) is 7.03. The molecule has 6 heteroatoms. The number of aromatic nitrogens is 1. The van der Waals surface area contributed by atoms with Gasteiger partial charge < -0.3 is 24.3 Å². The molecule has 1 N–H and O–H groups in total. The van der Waals surface area contributed by atoms with Crippen LogP contribution in [0.4, 0.5) is 5.82 Å². The quantitative estimate of drug-likeness (QED) is 0.758. The number of methoxy groups -OCH3 is 1. The molecule has 0 saturated carbocycles. The van der Waals surface area contributed by atoms with Gasteiger partial charge in [0.05, 0.1) is 18.3 Å². The predicted octanol–water partition coefficient (Wildman–Crippen LogP) is 4.07. The Hall–Kier alpha value is -2.15. The van der Waals surface area contributed by atoms with Crippen LogP contribution in [0.5, 0.6) is 5.75 Å². The summed E-state index contributed by atoms with van der Waals surface area (Å²) in [5.74, 6) is 1.61. The Balaban J connectivity index is 1.43. The lowest BCUT2D eigenvalue weighted by atomic mass is 9.90. The molecular formula is C22H28N2O4. The fourth-order valence-corrected chi connectivity index (χ4v) is 3.41. The van der Waals surface area contributed by atoms with E-state index in [1.165, 1.54) is 0 Å². The highest BCUT2D eigenvalue weighted by Crippen LogP contribution is 2.44. The van der Waals surface area contributed by atoms with E-state index >= 15 is 0 Å². The molecule has 2 fully saturated rings. The Kier molecular flexibility index (Phi) is 4.81. The zero-order chi connectivity index (χ0) is 19.9. The summed E-state index contributed by atoms with van der Waals surface area (Å²) in [5.41, 5.74) is 1.48. The number of epoxide rings is 1. The van der Waals surface area contributed by atoms with Crippen molar-refractivity contribution in [3.05, 3.63) is 53.7 Å². The van der Waals surface area contributed by atoms with Gasteiger partial charge in [0.25, 0.3) is 0 Å². The molecule has 2 atom stereocenters. The molecule has 0 aliphatic carbocycles. The fraction of sp³-hybridized carbons (Fsp3) is 0.500. The Bertz CT molecular complexity index is 822. The molecule has 0 amide bonds. The Morgan fingerprint density at radius 2 is 1.82 bits per heavy atom. The smallest absolute Gasteiger partial charge is 0.163 e. The van der Waals surface area contributed by atoms with Crippen molar-refractivity contribution in [2.24, 2.45) is 0 Å². The van der Waals surface area contributed by atoms with Crippen molar-refractivity contribution in [1.29, 1.82) is 0 Å². The summed E-state index contributed by atoms with van der Waals surface area (Å²) in [4.78, 5) is 4.27. The van der Waals surface area contributed by atoms with Crippen molar-refractivity contribution in [1.82, 2.24) is 4.98 Å². The van der Waals surface area contributed by atoms with E-state index in [1.807, 2.05) is 24.3 Å². The number of ether oxygens (including phenoxy) is 4. The van der Waals surface area contributed by atoms with Gasteiger partial charge >= 0.3 is 0 Å². The summed E-state index contributed by atoms with van der Waals surface area (Å²) >= 11 is 0. The number of rotatable bonds is 6. The lowest BCUT2D eigenvalue weighted by Crippen LogP contribution is -2.41. The SMILES string of the molecule is COc1cc(CC2OC(C)(C)C(C)(C)O2)ccc1C1OC1Nc1ccccn1. The number of anilines is 1. The van der Waals surface area contributed by atoms with Gasteiger partial charge in [-0.25, -0.2) is 4.98 Å². The molecule has 0 spiro atoms. The highest BCUT2D eigenvalue weighted by Gasteiger charge is 2.49. The van der Waals surface area contributed by atoms with Crippen LogP contribution >= 0.6 is 0 Å². The van der Waals surface area contributed by atoms with E-state index in [0.717, 1.165) is 22.7 Å². The third-order valence-corrected chi connectivity index (χ3v) is 5.76. The van der Waals surface area contributed by atoms with Crippen LogP contribution in [0.25, 0.3) is 0 Å². The molecule has 0 bridgehead atoms. The maximum absolute atomic E-state index is 6.11. The van der Waals surface area contributed by atoms with E-state index in [1.54, 1.807) is 13.3 Å². The number of benzene rings is 1. The van der Waals surface area contributed by atoms with Crippen molar-refractivity contribution in [3.63, 3.8) is 0 Å². The van der Waals surface area contributed by atoms with E-state index in [2.05, 4.69) is 50.1 Å². The second-order valence-electron chi connectivity index (χ2n) is 8.30. The van der Waals surface area contributed by atoms with Gasteiger partial charge in [-0.2, -0.15) is 0 Å². The molecule has 1 aromatic carbocycles. The minimum Gasteiger partial charge on any atom is -0.496 e. The molecule has 2 aromatic rings. The molecule has 2 aliphatic rings. The minimum absolute atomic E-state index is 0.0529. The standard InChI is InChI=1S/C22H28N2O4/c1-21(2)22(3,4)28-18(27-21)13-14-9-10-15(16(12-14)25-5)19-20(26-19)24-17-8-6-7-11-23-17/h6-12,18-20H,13H2,1-5H3,(H,23,24). The number of nitrogens with zero attached hydrogens (tertiary/aromatic N) is 1. The molecule has 2 aliphatic heterocycles. The first-order valence-corrected chi connectivity index (χ1v) is 9.64. The number of hydrogen-bond donors (Lipinski definition) is 1. The first-order chi connectivity index (χ1) is 13.3. The number of pyridine rings is 1. The predicted molar refractivity (Wildman–Crippen MR) is 106 cm³/mol. The van der Waals surface area contributed by atoms with Crippen LogP contribution in [0, 0.1) is 0 Å².